The van der Waals surface area contributed by atoms with Crippen LogP contribution in [0.15, 0.2) is 29.3 Å². The summed E-state index contributed by atoms with van der Waals surface area (Å²) < 4.78 is 28.3. The number of anilines is 1. The van der Waals surface area contributed by atoms with Crippen LogP contribution in [0.1, 0.15) is 41.0 Å². The van der Waals surface area contributed by atoms with Crippen molar-refractivity contribution < 1.29 is 13.2 Å². The zero-order valence-electron chi connectivity index (χ0n) is 16.3. The van der Waals surface area contributed by atoms with Crippen LogP contribution in [0.25, 0.3) is 0 Å². The number of amides is 1. The third kappa shape index (κ3) is 3.83. The number of aromatic nitrogens is 1. The normalized spacial score (nSPS) is 11.8. The van der Waals surface area contributed by atoms with Gasteiger partial charge in [0.25, 0.3) is 5.91 Å². The van der Waals surface area contributed by atoms with Crippen LogP contribution >= 0.6 is 0 Å². The number of aryl methyl sites for hydroxylation is 4. The zero-order chi connectivity index (χ0) is 19.6. The minimum Gasteiger partial charge on any atom is -0.345 e. The minimum absolute atomic E-state index is 0.131. The number of benzene rings is 1. The molecule has 0 unspecified atom stereocenters. The van der Waals surface area contributed by atoms with E-state index >= 15 is 0 Å². The van der Waals surface area contributed by atoms with Gasteiger partial charge in [0.2, 0.25) is 10.0 Å². The first-order valence-electron chi connectivity index (χ1n) is 8.67. The molecular weight excluding hydrogens is 350 g/mol. The Labute approximate surface area is 155 Å². The summed E-state index contributed by atoms with van der Waals surface area (Å²) in [5.41, 5.74) is 4.14. The fourth-order valence-electron chi connectivity index (χ4n) is 3.17. The van der Waals surface area contributed by atoms with Crippen molar-refractivity contribution in [2.75, 3.05) is 18.4 Å². The van der Waals surface area contributed by atoms with Gasteiger partial charge in [-0.1, -0.05) is 31.5 Å². The van der Waals surface area contributed by atoms with Gasteiger partial charge in [-0.15, -0.1) is 0 Å². The van der Waals surface area contributed by atoms with Crippen LogP contribution in [-0.2, 0) is 17.1 Å². The number of sulfonamides is 1. The molecule has 0 aliphatic rings. The van der Waals surface area contributed by atoms with Gasteiger partial charge < -0.3 is 9.88 Å². The fourth-order valence-corrected chi connectivity index (χ4v) is 4.70. The SMILES string of the molecule is CCN(CC)S(=O)(=O)c1cc(C(=O)Nc2c(C)cc(C)cc2C)n(C)c1. The molecule has 6 nitrogen and oxygen atoms in total. The molecular formula is C19H27N3O3S. The predicted octanol–water partition coefficient (Wildman–Crippen LogP) is 3.23. The molecule has 0 bridgehead atoms. The van der Waals surface area contributed by atoms with Crippen LogP contribution in [0.2, 0.25) is 0 Å². The van der Waals surface area contributed by atoms with Gasteiger partial charge in [0.15, 0.2) is 0 Å². The Kier molecular flexibility index (Phi) is 5.93. The summed E-state index contributed by atoms with van der Waals surface area (Å²) in [5, 5.41) is 2.92. The summed E-state index contributed by atoms with van der Waals surface area (Å²) in [7, 11) is -1.93. The quantitative estimate of drug-likeness (QED) is 0.840. The van der Waals surface area contributed by atoms with Gasteiger partial charge in [-0.3, -0.25) is 4.79 Å². The molecule has 0 spiro atoms. The number of carbonyl (C=O) groups excluding carboxylic acids is 1. The van der Waals surface area contributed by atoms with E-state index in [0.717, 1.165) is 22.4 Å². The molecule has 1 aromatic carbocycles. The molecule has 2 aromatic rings. The molecule has 1 aromatic heterocycles. The molecule has 0 fully saturated rings. The summed E-state index contributed by atoms with van der Waals surface area (Å²) in [6, 6.07) is 5.44. The highest BCUT2D eigenvalue weighted by molar-refractivity contribution is 7.89. The van der Waals surface area contributed by atoms with Gasteiger partial charge in [0, 0.05) is 32.0 Å². The molecule has 1 heterocycles. The summed E-state index contributed by atoms with van der Waals surface area (Å²) >= 11 is 0. The lowest BCUT2D eigenvalue weighted by Crippen LogP contribution is -2.30. The maximum Gasteiger partial charge on any atom is 0.272 e. The van der Waals surface area contributed by atoms with E-state index in [-0.39, 0.29) is 10.8 Å². The van der Waals surface area contributed by atoms with Crippen LogP contribution in [0.4, 0.5) is 5.69 Å². The smallest absolute Gasteiger partial charge is 0.272 e. The molecule has 0 aliphatic carbocycles. The molecule has 142 valence electrons. The second kappa shape index (κ2) is 7.63. The highest BCUT2D eigenvalue weighted by atomic mass is 32.2. The Hall–Kier alpha value is -2.12. The monoisotopic (exact) mass is 377 g/mol. The second-order valence-electron chi connectivity index (χ2n) is 6.49. The highest BCUT2D eigenvalue weighted by Gasteiger charge is 2.25. The maximum absolute atomic E-state index is 12.7. The molecule has 0 aliphatic heterocycles. The topological polar surface area (TPSA) is 71.4 Å². The summed E-state index contributed by atoms with van der Waals surface area (Å²) in [4.78, 5) is 12.9. The molecule has 7 heteroatoms. The van der Waals surface area contributed by atoms with Gasteiger partial charge in [-0.05, 0) is 38.0 Å². The Morgan fingerprint density at radius 1 is 1.08 bits per heavy atom. The summed E-state index contributed by atoms with van der Waals surface area (Å²) in [6.45, 7) is 10.2. The van der Waals surface area contributed by atoms with Crippen molar-refractivity contribution in [1.82, 2.24) is 8.87 Å². The Morgan fingerprint density at radius 3 is 2.12 bits per heavy atom. The minimum atomic E-state index is -3.60. The van der Waals surface area contributed by atoms with Crippen LogP contribution in [0, 0.1) is 20.8 Å². The van der Waals surface area contributed by atoms with E-state index in [1.54, 1.807) is 25.5 Å². The lowest BCUT2D eigenvalue weighted by Gasteiger charge is -2.17. The predicted molar refractivity (Wildman–Crippen MR) is 104 cm³/mol. The Balaban J connectivity index is 2.36. The molecule has 0 radical (unpaired) electrons. The average Bonchev–Trinajstić information content (AvgIpc) is 2.94. The number of nitrogens with zero attached hydrogens (tertiary/aromatic N) is 2. The first kappa shape index (κ1) is 20.2. The van der Waals surface area contributed by atoms with E-state index in [9.17, 15) is 13.2 Å². The molecule has 1 amide bonds. The number of hydrogen-bond acceptors (Lipinski definition) is 3. The lowest BCUT2D eigenvalue weighted by atomic mass is 10.1. The van der Waals surface area contributed by atoms with Crippen molar-refractivity contribution in [3.8, 4) is 0 Å². The van der Waals surface area contributed by atoms with E-state index in [0.29, 0.717) is 18.8 Å². The molecule has 0 saturated heterocycles. The molecule has 1 N–H and O–H groups in total. The van der Waals surface area contributed by atoms with Gasteiger partial charge in [-0.2, -0.15) is 4.31 Å². The van der Waals surface area contributed by atoms with E-state index in [2.05, 4.69) is 5.32 Å². The van der Waals surface area contributed by atoms with Crippen molar-refractivity contribution in [1.29, 1.82) is 0 Å². The largest absolute Gasteiger partial charge is 0.345 e. The van der Waals surface area contributed by atoms with Crippen LogP contribution < -0.4 is 5.32 Å². The number of nitrogens with one attached hydrogen (secondary N) is 1. The van der Waals surface area contributed by atoms with E-state index in [1.165, 1.54) is 16.6 Å². The first-order valence-corrected chi connectivity index (χ1v) is 10.1. The van der Waals surface area contributed by atoms with Gasteiger partial charge >= 0.3 is 0 Å². The zero-order valence-corrected chi connectivity index (χ0v) is 17.1. The van der Waals surface area contributed by atoms with Gasteiger partial charge in [0.1, 0.15) is 10.6 Å². The van der Waals surface area contributed by atoms with E-state index in [1.807, 2.05) is 32.9 Å². The molecule has 26 heavy (non-hydrogen) atoms. The van der Waals surface area contributed by atoms with E-state index in [4.69, 9.17) is 0 Å². The van der Waals surface area contributed by atoms with Crippen molar-refractivity contribution in [3.05, 3.63) is 46.8 Å². The standard InChI is InChI=1S/C19H27N3O3S/c1-7-22(8-2)26(24,25)16-11-17(21(6)12-16)19(23)20-18-14(4)9-13(3)10-15(18)5/h9-12H,7-8H2,1-6H3,(H,20,23). The highest BCUT2D eigenvalue weighted by Crippen LogP contribution is 2.24. The molecule has 0 atom stereocenters. The molecule has 2 rings (SSSR count). The van der Waals surface area contributed by atoms with Crippen molar-refractivity contribution in [2.45, 2.75) is 39.5 Å². The van der Waals surface area contributed by atoms with Crippen LogP contribution in [0.5, 0.6) is 0 Å². The number of rotatable bonds is 6. The van der Waals surface area contributed by atoms with Crippen LogP contribution in [-0.4, -0.2) is 36.3 Å². The average molecular weight is 378 g/mol. The van der Waals surface area contributed by atoms with Crippen molar-refractivity contribution >= 4 is 21.6 Å². The van der Waals surface area contributed by atoms with Crippen molar-refractivity contribution in [2.24, 2.45) is 7.05 Å². The number of carbonyl (C=O) groups is 1. The van der Waals surface area contributed by atoms with Gasteiger partial charge in [0.05, 0.1) is 0 Å². The van der Waals surface area contributed by atoms with E-state index < -0.39 is 10.0 Å². The second-order valence-corrected chi connectivity index (χ2v) is 8.43. The van der Waals surface area contributed by atoms with Crippen molar-refractivity contribution in [3.63, 3.8) is 0 Å². The fraction of sp³-hybridized carbons (Fsp3) is 0.421. The lowest BCUT2D eigenvalue weighted by molar-refractivity contribution is 0.101. The maximum atomic E-state index is 12.7. The summed E-state index contributed by atoms with van der Waals surface area (Å²) in [5.74, 6) is -0.330. The molecule has 0 saturated carbocycles. The first-order chi connectivity index (χ1) is 12.1. The van der Waals surface area contributed by atoms with Gasteiger partial charge in [-0.25, -0.2) is 8.42 Å². The Bertz CT molecular complexity index is 902. The summed E-state index contributed by atoms with van der Waals surface area (Å²) in [6.07, 6.45) is 1.48. The number of hydrogen-bond donors (Lipinski definition) is 1. The van der Waals surface area contributed by atoms with Crippen LogP contribution in [0.3, 0.4) is 0 Å². The third-order valence-corrected chi connectivity index (χ3v) is 6.49. The third-order valence-electron chi connectivity index (χ3n) is 4.47. The Morgan fingerprint density at radius 2 is 1.62 bits per heavy atom.